The highest BCUT2D eigenvalue weighted by atomic mass is 32.2. The van der Waals surface area contributed by atoms with Gasteiger partial charge >= 0.3 is 0 Å². The molecule has 94 valence electrons. The van der Waals surface area contributed by atoms with E-state index < -0.39 is 0 Å². The van der Waals surface area contributed by atoms with Crippen molar-refractivity contribution in [3.63, 3.8) is 0 Å². The van der Waals surface area contributed by atoms with Crippen molar-refractivity contribution in [3.8, 4) is 0 Å². The number of hydrogen-bond donors (Lipinski definition) is 0. The molecule has 0 spiro atoms. The van der Waals surface area contributed by atoms with Gasteiger partial charge in [0.25, 0.3) is 0 Å². The second kappa shape index (κ2) is 6.16. The Morgan fingerprint density at radius 3 is 2.78 bits per heavy atom. The van der Waals surface area contributed by atoms with Crippen LogP contribution in [0.25, 0.3) is 0 Å². The predicted molar refractivity (Wildman–Crippen MR) is 77.5 cm³/mol. The number of aryl methyl sites for hydroxylation is 2. The van der Waals surface area contributed by atoms with Gasteiger partial charge in [-0.05, 0) is 25.5 Å². The average Bonchev–Trinajstić information content (AvgIpc) is 2.74. The Morgan fingerprint density at radius 1 is 1.33 bits per heavy atom. The molecule has 1 aromatic heterocycles. The van der Waals surface area contributed by atoms with Gasteiger partial charge in [-0.25, -0.2) is 4.98 Å². The summed E-state index contributed by atoms with van der Waals surface area (Å²) in [7, 11) is 0. The normalized spacial score (nSPS) is 10.6. The number of benzene rings is 1. The van der Waals surface area contributed by atoms with Crippen LogP contribution in [0.1, 0.15) is 16.3 Å². The minimum absolute atomic E-state index is 0.234. The number of aromatic nitrogens is 1. The molecular weight excluding hydrogens is 262 g/mol. The molecule has 0 saturated carbocycles. The highest BCUT2D eigenvalue weighted by Crippen LogP contribution is 2.22. The van der Waals surface area contributed by atoms with Crippen molar-refractivity contribution in [2.75, 3.05) is 5.75 Å². The number of Topliss-reactive ketones (excluding diaryl/α,β-unsaturated/α-hetero) is 1. The van der Waals surface area contributed by atoms with E-state index in [1.807, 2.05) is 24.4 Å². The fraction of sp³-hybridized carbons (Fsp3) is 0.286. The van der Waals surface area contributed by atoms with Gasteiger partial charge in [0.2, 0.25) is 0 Å². The van der Waals surface area contributed by atoms with Crippen LogP contribution in [0.5, 0.6) is 0 Å². The maximum atomic E-state index is 11.9. The number of thioether (sulfide) groups is 1. The van der Waals surface area contributed by atoms with Gasteiger partial charge in [0.05, 0.1) is 12.2 Å². The largest absolute Gasteiger partial charge is 0.298 e. The summed E-state index contributed by atoms with van der Waals surface area (Å²) in [6, 6.07) is 8.14. The molecule has 0 saturated heterocycles. The summed E-state index contributed by atoms with van der Waals surface area (Å²) in [4.78, 5) is 17.3. The molecule has 18 heavy (non-hydrogen) atoms. The second-order valence-corrected chi connectivity index (χ2v) is 6.11. The Morgan fingerprint density at radius 2 is 2.11 bits per heavy atom. The number of rotatable bonds is 5. The summed E-state index contributed by atoms with van der Waals surface area (Å²) < 4.78 is 0. The van der Waals surface area contributed by atoms with E-state index in [4.69, 9.17) is 0 Å². The van der Waals surface area contributed by atoms with Crippen LogP contribution < -0.4 is 0 Å². The van der Waals surface area contributed by atoms with Gasteiger partial charge < -0.3 is 0 Å². The zero-order chi connectivity index (χ0) is 13.0. The second-order valence-electron chi connectivity index (χ2n) is 4.15. The molecule has 0 aliphatic heterocycles. The van der Waals surface area contributed by atoms with Crippen LogP contribution in [0.3, 0.4) is 0 Å². The molecule has 1 heterocycles. The number of nitrogens with zero attached hydrogens (tertiary/aromatic N) is 1. The summed E-state index contributed by atoms with van der Waals surface area (Å²) in [6.07, 6.45) is 0.456. The number of carbonyl (C=O) groups excluding carboxylic acids is 1. The van der Waals surface area contributed by atoms with Crippen LogP contribution in [-0.2, 0) is 11.2 Å². The first-order chi connectivity index (χ1) is 8.65. The summed E-state index contributed by atoms with van der Waals surface area (Å²) in [5.74, 6) is 0.751. The quantitative estimate of drug-likeness (QED) is 0.781. The topological polar surface area (TPSA) is 30.0 Å². The van der Waals surface area contributed by atoms with E-state index in [9.17, 15) is 4.79 Å². The number of ketones is 1. The van der Waals surface area contributed by atoms with Crippen molar-refractivity contribution in [3.05, 3.63) is 45.9 Å². The fourth-order valence-corrected chi connectivity index (χ4v) is 3.27. The first-order valence-electron chi connectivity index (χ1n) is 5.76. The maximum Gasteiger partial charge on any atom is 0.149 e. The third-order valence-electron chi connectivity index (χ3n) is 2.50. The third-order valence-corrected chi connectivity index (χ3v) is 4.70. The standard InChI is InChI=1S/C14H15NOS2/c1-10-5-3-4-6-13(10)17-9-12(16)7-14-15-11(2)8-18-14/h3-6,8H,7,9H2,1-2H3. The predicted octanol–water partition coefficient (Wildman–Crippen LogP) is 3.66. The first kappa shape index (κ1) is 13.3. The average molecular weight is 277 g/mol. The molecule has 2 rings (SSSR count). The van der Waals surface area contributed by atoms with Crippen LogP contribution in [0.15, 0.2) is 34.5 Å². The van der Waals surface area contributed by atoms with Crippen LogP contribution in [0.4, 0.5) is 0 Å². The van der Waals surface area contributed by atoms with Crippen molar-refractivity contribution in [1.29, 1.82) is 0 Å². The van der Waals surface area contributed by atoms with Crippen molar-refractivity contribution >= 4 is 28.9 Å². The van der Waals surface area contributed by atoms with Crippen molar-refractivity contribution in [2.45, 2.75) is 25.2 Å². The molecule has 0 unspecified atom stereocenters. The van der Waals surface area contributed by atoms with E-state index in [1.165, 1.54) is 10.5 Å². The Bertz CT molecular complexity index is 548. The van der Waals surface area contributed by atoms with Gasteiger partial charge in [-0.15, -0.1) is 23.1 Å². The van der Waals surface area contributed by atoms with Gasteiger partial charge in [0.1, 0.15) is 10.8 Å². The van der Waals surface area contributed by atoms with Crippen LogP contribution >= 0.6 is 23.1 Å². The lowest BCUT2D eigenvalue weighted by atomic mass is 10.2. The molecule has 2 aromatic rings. The summed E-state index contributed by atoms with van der Waals surface area (Å²) in [5.41, 5.74) is 2.22. The molecule has 0 amide bonds. The van der Waals surface area contributed by atoms with E-state index in [0.29, 0.717) is 12.2 Å². The SMILES string of the molecule is Cc1csc(CC(=O)CSc2ccccc2C)n1. The van der Waals surface area contributed by atoms with Crippen molar-refractivity contribution in [1.82, 2.24) is 4.98 Å². The van der Waals surface area contributed by atoms with E-state index >= 15 is 0 Å². The lowest BCUT2D eigenvalue weighted by Gasteiger charge is -2.03. The number of carbonyl (C=O) groups is 1. The third kappa shape index (κ3) is 3.68. The highest BCUT2D eigenvalue weighted by Gasteiger charge is 2.08. The Hall–Kier alpha value is -1.13. The highest BCUT2D eigenvalue weighted by molar-refractivity contribution is 8.00. The molecular formula is C14H15NOS2. The van der Waals surface area contributed by atoms with E-state index in [0.717, 1.165) is 10.7 Å². The first-order valence-corrected chi connectivity index (χ1v) is 7.63. The van der Waals surface area contributed by atoms with Crippen LogP contribution in [0.2, 0.25) is 0 Å². The zero-order valence-corrected chi connectivity index (χ0v) is 12.1. The smallest absolute Gasteiger partial charge is 0.149 e. The van der Waals surface area contributed by atoms with E-state index in [1.54, 1.807) is 23.1 Å². The van der Waals surface area contributed by atoms with Gasteiger partial charge in [-0.1, -0.05) is 18.2 Å². The minimum atomic E-state index is 0.234. The van der Waals surface area contributed by atoms with E-state index in [-0.39, 0.29) is 5.78 Å². The fourth-order valence-electron chi connectivity index (χ4n) is 1.58. The maximum absolute atomic E-state index is 11.9. The van der Waals surface area contributed by atoms with Gasteiger partial charge in [-0.2, -0.15) is 0 Å². The van der Waals surface area contributed by atoms with E-state index in [2.05, 4.69) is 24.0 Å². The Labute approximate surface area is 115 Å². The summed E-state index contributed by atoms with van der Waals surface area (Å²) >= 11 is 3.17. The van der Waals surface area contributed by atoms with Crippen molar-refractivity contribution < 1.29 is 4.79 Å². The molecule has 0 radical (unpaired) electrons. The summed E-state index contributed by atoms with van der Waals surface area (Å²) in [5, 5.41) is 2.90. The summed E-state index contributed by atoms with van der Waals surface area (Å²) in [6.45, 7) is 4.02. The number of hydrogen-bond acceptors (Lipinski definition) is 4. The van der Waals surface area contributed by atoms with Crippen LogP contribution in [-0.4, -0.2) is 16.5 Å². The molecule has 0 fully saturated rings. The zero-order valence-electron chi connectivity index (χ0n) is 10.5. The molecule has 0 atom stereocenters. The minimum Gasteiger partial charge on any atom is -0.298 e. The lowest BCUT2D eigenvalue weighted by molar-refractivity contribution is -0.116. The van der Waals surface area contributed by atoms with Crippen LogP contribution in [0, 0.1) is 13.8 Å². The lowest BCUT2D eigenvalue weighted by Crippen LogP contribution is -2.05. The molecule has 1 aromatic carbocycles. The number of thiazole rings is 1. The Kier molecular flexibility index (Phi) is 4.55. The van der Waals surface area contributed by atoms with Gasteiger partial charge in [0, 0.05) is 16.0 Å². The molecule has 0 N–H and O–H groups in total. The molecule has 4 heteroatoms. The van der Waals surface area contributed by atoms with Gasteiger partial charge in [-0.3, -0.25) is 4.79 Å². The molecule has 0 aliphatic carbocycles. The van der Waals surface area contributed by atoms with Gasteiger partial charge in [0.15, 0.2) is 0 Å². The van der Waals surface area contributed by atoms with Crippen molar-refractivity contribution in [2.24, 2.45) is 0 Å². The molecule has 0 bridgehead atoms. The molecule has 0 aliphatic rings. The Balaban J connectivity index is 1.87. The molecule has 2 nitrogen and oxygen atoms in total. The monoisotopic (exact) mass is 277 g/mol.